The number of non-ortho nitro benzene ring substituents is 1. The molecule has 0 unspecified atom stereocenters. The average Bonchev–Trinajstić information content (AvgIpc) is 3.05. The van der Waals surface area contributed by atoms with Crippen LogP contribution in [-0.4, -0.2) is 157 Å². The van der Waals surface area contributed by atoms with Gasteiger partial charge in [0, 0.05) is 18.7 Å². The summed E-state index contributed by atoms with van der Waals surface area (Å²) in [5.41, 5.74) is 0.0259. The quantitative estimate of drug-likeness (QED) is 0.0591. The molecule has 0 amide bonds. The summed E-state index contributed by atoms with van der Waals surface area (Å²) in [6, 6.07) is 5.91. The Morgan fingerprint density at radius 1 is 0.422 bits per heavy atom. The lowest BCUT2D eigenvalue weighted by Crippen LogP contribution is -2.15. The number of ether oxygens (including phenoxy) is 12. The fourth-order valence-electron chi connectivity index (χ4n) is 3.23. The molecule has 45 heavy (non-hydrogen) atoms. The molecule has 0 aliphatic heterocycles. The Morgan fingerprint density at radius 2 is 0.667 bits per heavy atom. The van der Waals surface area contributed by atoms with Gasteiger partial charge in [-0.3, -0.25) is 10.1 Å². The maximum atomic E-state index is 10.6. The Kier molecular flexibility index (Phi) is 30.4. The Hall–Kier alpha value is -2.02. The first-order chi connectivity index (χ1) is 22.2. The zero-order valence-corrected chi connectivity index (χ0v) is 26.7. The van der Waals surface area contributed by atoms with Crippen molar-refractivity contribution in [3.63, 3.8) is 0 Å². The number of nitrogens with zero attached hydrogens (tertiary/aromatic N) is 1. The van der Waals surface area contributed by atoms with Gasteiger partial charge in [0.25, 0.3) is 5.69 Å². The summed E-state index contributed by atoms with van der Waals surface area (Å²) in [6.07, 6.45) is 0. The van der Waals surface area contributed by atoms with Gasteiger partial charge in [0.2, 0.25) is 0 Å². The molecule has 0 bridgehead atoms. The molecule has 0 spiro atoms. The van der Waals surface area contributed by atoms with Crippen LogP contribution in [0.3, 0.4) is 0 Å². The second kappa shape index (κ2) is 33.3. The Labute approximate surface area is 266 Å². The van der Waals surface area contributed by atoms with E-state index >= 15 is 0 Å². The normalized spacial score (nSPS) is 11.3. The molecule has 0 aliphatic rings. The summed E-state index contributed by atoms with van der Waals surface area (Å²) >= 11 is 0. The van der Waals surface area contributed by atoms with Gasteiger partial charge in [0.05, 0.1) is 144 Å². The fourth-order valence-corrected chi connectivity index (χ4v) is 3.23. The van der Waals surface area contributed by atoms with Crippen molar-refractivity contribution in [2.24, 2.45) is 0 Å². The van der Waals surface area contributed by atoms with E-state index in [9.17, 15) is 10.1 Å². The fraction of sp³-hybridized carbons (Fsp3) is 0.800. The van der Waals surface area contributed by atoms with Gasteiger partial charge < -0.3 is 56.8 Å². The summed E-state index contributed by atoms with van der Waals surface area (Å²) in [4.78, 5) is 10.2. The third-order valence-electron chi connectivity index (χ3n) is 5.47. The van der Waals surface area contributed by atoms with Crippen LogP contribution < -0.4 is 4.74 Å². The third-order valence-corrected chi connectivity index (χ3v) is 5.47. The summed E-state index contributed by atoms with van der Waals surface area (Å²) in [6.45, 7) is 13.5. The van der Waals surface area contributed by atoms with Crippen molar-refractivity contribution in [3.05, 3.63) is 34.4 Å². The molecular weight excluding hydrogens is 598 g/mol. The van der Waals surface area contributed by atoms with Crippen LogP contribution >= 0.6 is 0 Å². The third kappa shape index (κ3) is 29.1. The van der Waals surface area contributed by atoms with Crippen molar-refractivity contribution in [3.8, 4) is 5.75 Å². The number of nitro groups is 1. The maximum Gasteiger partial charge on any atom is 0.269 e. The van der Waals surface area contributed by atoms with Crippen LogP contribution in [0.1, 0.15) is 6.92 Å². The van der Waals surface area contributed by atoms with E-state index in [1.54, 1.807) is 12.1 Å². The van der Waals surface area contributed by atoms with Crippen LogP contribution in [0, 0.1) is 10.1 Å². The highest BCUT2D eigenvalue weighted by Crippen LogP contribution is 2.17. The molecule has 0 atom stereocenters. The number of hydrogen-bond donors (Lipinski definition) is 0. The summed E-state index contributed by atoms with van der Waals surface area (Å²) < 4.78 is 65.0. The first kappa shape index (κ1) is 41.0. The minimum Gasteiger partial charge on any atom is -0.491 e. The minimum atomic E-state index is -0.452. The van der Waals surface area contributed by atoms with E-state index in [0.29, 0.717) is 158 Å². The zero-order chi connectivity index (χ0) is 32.3. The predicted octanol–water partition coefficient (Wildman–Crippen LogP) is 2.18. The molecule has 1 aromatic carbocycles. The predicted molar refractivity (Wildman–Crippen MR) is 163 cm³/mol. The van der Waals surface area contributed by atoms with Gasteiger partial charge in [0.15, 0.2) is 0 Å². The molecule has 0 saturated carbocycles. The summed E-state index contributed by atoms with van der Waals surface area (Å²) in [5.74, 6) is 0.556. The van der Waals surface area contributed by atoms with Crippen LogP contribution in [0.2, 0.25) is 0 Å². The van der Waals surface area contributed by atoms with E-state index in [2.05, 4.69) is 0 Å². The van der Waals surface area contributed by atoms with Crippen molar-refractivity contribution in [2.75, 3.05) is 152 Å². The molecule has 262 valence electrons. The van der Waals surface area contributed by atoms with E-state index in [-0.39, 0.29) is 5.69 Å². The highest BCUT2D eigenvalue weighted by molar-refractivity contribution is 5.35. The molecule has 0 aromatic heterocycles. The molecule has 0 heterocycles. The van der Waals surface area contributed by atoms with Gasteiger partial charge in [-0.15, -0.1) is 0 Å². The van der Waals surface area contributed by atoms with Gasteiger partial charge in [-0.25, -0.2) is 0 Å². The first-order valence-electron chi connectivity index (χ1n) is 15.5. The molecule has 0 radical (unpaired) electrons. The van der Waals surface area contributed by atoms with E-state index in [0.717, 1.165) is 0 Å². The lowest BCUT2D eigenvalue weighted by atomic mass is 10.3. The van der Waals surface area contributed by atoms with Gasteiger partial charge in [-0.05, 0) is 19.1 Å². The second-order valence-corrected chi connectivity index (χ2v) is 8.92. The number of hydrogen-bond acceptors (Lipinski definition) is 14. The summed E-state index contributed by atoms with van der Waals surface area (Å²) in [7, 11) is 0. The molecular formula is C30H53NO14. The monoisotopic (exact) mass is 651 g/mol. The van der Waals surface area contributed by atoms with Crippen molar-refractivity contribution < 1.29 is 61.8 Å². The minimum absolute atomic E-state index is 0.0259. The summed E-state index contributed by atoms with van der Waals surface area (Å²) in [5, 5.41) is 10.6. The maximum absolute atomic E-state index is 10.6. The van der Waals surface area contributed by atoms with E-state index in [4.69, 9.17) is 56.8 Å². The van der Waals surface area contributed by atoms with Gasteiger partial charge >= 0.3 is 0 Å². The van der Waals surface area contributed by atoms with Crippen molar-refractivity contribution in [1.82, 2.24) is 0 Å². The standard InChI is InChI=1S/C30H53NO14/c1-2-34-7-8-35-9-10-36-11-12-37-13-14-38-15-16-39-17-18-40-19-20-41-21-22-42-23-24-43-25-26-44-27-28-45-30-5-3-29(4-6-30)31(32)33/h3-6H,2,7-28H2,1H3. The van der Waals surface area contributed by atoms with Crippen molar-refractivity contribution >= 4 is 5.69 Å². The number of rotatable bonds is 36. The number of benzene rings is 1. The molecule has 1 aromatic rings. The highest BCUT2D eigenvalue weighted by Gasteiger charge is 2.04. The molecule has 1 rings (SSSR count). The second-order valence-electron chi connectivity index (χ2n) is 8.92. The van der Waals surface area contributed by atoms with Crippen molar-refractivity contribution in [2.45, 2.75) is 6.92 Å². The largest absolute Gasteiger partial charge is 0.491 e. The average molecular weight is 652 g/mol. The van der Waals surface area contributed by atoms with Gasteiger partial charge in [-0.2, -0.15) is 0 Å². The highest BCUT2D eigenvalue weighted by atomic mass is 16.6. The van der Waals surface area contributed by atoms with Crippen LogP contribution in [0.25, 0.3) is 0 Å². The van der Waals surface area contributed by atoms with E-state index in [1.807, 2.05) is 6.92 Å². The lowest BCUT2D eigenvalue weighted by Gasteiger charge is -2.09. The Bertz CT molecular complexity index is 759. The van der Waals surface area contributed by atoms with Crippen LogP contribution in [0.4, 0.5) is 5.69 Å². The number of nitro benzene ring substituents is 1. The molecule has 15 nitrogen and oxygen atoms in total. The SMILES string of the molecule is CCOCCOCCOCCOCCOCCOCCOCCOCCOCCOCCOCCOc1ccc([N+](=O)[O-])cc1. The van der Waals surface area contributed by atoms with Crippen LogP contribution in [-0.2, 0) is 52.1 Å². The zero-order valence-electron chi connectivity index (χ0n) is 26.7. The van der Waals surface area contributed by atoms with Crippen LogP contribution in [0.15, 0.2) is 24.3 Å². The molecule has 0 fully saturated rings. The topological polar surface area (TPSA) is 154 Å². The van der Waals surface area contributed by atoms with E-state index in [1.165, 1.54) is 12.1 Å². The molecule has 0 saturated heterocycles. The van der Waals surface area contributed by atoms with Crippen molar-refractivity contribution in [1.29, 1.82) is 0 Å². The molecule has 15 heteroatoms. The molecule has 0 aliphatic carbocycles. The van der Waals surface area contributed by atoms with Crippen LogP contribution in [0.5, 0.6) is 5.75 Å². The smallest absolute Gasteiger partial charge is 0.269 e. The van der Waals surface area contributed by atoms with Gasteiger partial charge in [-0.1, -0.05) is 0 Å². The molecule has 0 N–H and O–H groups in total. The van der Waals surface area contributed by atoms with Gasteiger partial charge in [0.1, 0.15) is 12.4 Å². The first-order valence-corrected chi connectivity index (χ1v) is 15.5. The van der Waals surface area contributed by atoms with E-state index < -0.39 is 4.92 Å². The Morgan fingerprint density at radius 3 is 0.911 bits per heavy atom. The Balaban J connectivity index is 1.65. The lowest BCUT2D eigenvalue weighted by molar-refractivity contribution is -0.384.